The standard InChI is InChI=1S/C19H21Cl2N5O4S/c1-31(29,30)12-7-11(8-12)23-19(28)25-4-5-26-15(9-25)16(18(22)27)17(24-26)10-2-3-13(20)14(21)6-10/h2-3,6,11-12H,4-5,7-9H2,1H3,(H2,22,27)(H,23,28)/t11-,12+. The molecule has 9 nitrogen and oxygen atoms in total. The first kappa shape index (κ1) is 21.9. The zero-order valence-corrected chi connectivity index (χ0v) is 19.0. The maximum absolute atomic E-state index is 12.7. The van der Waals surface area contributed by atoms with E-state index >= 15 is 0 Å². The molecule has 3 amide bonds. The summed E-state index contributed by atoms with van der Waals surface area (Å²) in [5, 5.41) is 7.69. The fourth-order valence-electron chi connectivity index (χ4n) is 3.89. The summed E-state index contributed by atoms with van der Waals surface area (Å²) < 4.78 is 24.8. The number of halogens is 2. The van der Waals surface area contributed by atoms with Gasteiger partial charge in [-0.15, -0.1) is 0 Å². The number of nitrogens with zero attached hydrogens (tertiary/aromatic N) is 3. The van der Waals surface area contributed by atoms with E-state index in [9.17, 15) is 18.0 Å². The number of carbonyl (C=O) groups is 2. The summed E-state index contributed by atoms with van der Waals surface area (Å²) in [6.45, 7) is 0.934. The first-order valence-electron chi connectivity index (χ1n) is 9.63. The summed E-state index contributed by atoms with van der Waals surface area (Å²) in [6, 6.07) is 4.44. The minimum absolute atomic E-state index is 0.153. The number of urea groups is 1. The number of fused-ring (bicyclic) bond motifs is 1. The molecule has 3 N–H and O–H groups in total. The van der Waals surface area contributed by atoms with E-state index in [1.807, 2.05) is 0 Å². The van der Waals surface area contributed by atoms with Crippen LogP contribution in [0.5, 0.6) is 0 Å². The second-order valence-electron chi connectivity index (χ2n) is 7.88. The highest BCUT2D eigenvalue weighted by molar-refractivity contribution is 7.91. The predicted molar refractivity (Wildman–Crippen MR) is 117 cm³/mol. The van der Waals surface area contributed by atoms with Crippen LogP contribution in [0, 0.1) is 0 Å². The maximum Gasteiger partial charge on any atom is 0.318 e. The molecular formula is C19H21Cl2N5O4S. The van der Waals surface area contributed by atoms with Crippen LogP contribution >= 0.6 is 23.2 Å². The van der Waals surface area contributed by atoms with Crippen LogP contribution in [0.2, 0.25) is 10.0 Å². The minimum atomic E-state index is -3.09. The molecule has 0 radical (unpaired) electrons. The summed E-state index contributed by atoms with van der Waals surface area (Å²) in [4.78, 5) is 26.5. The van der Waals surface area contributed by atoms with E-state index < -0.39 is 21.0 Å². The Kier molecular flexibility index (Phi) is 5.65. The predicted octanol–water partition coefficient (Wildman–Crippen LogP) is 2.06. The number of rotatable bonds is 4. The normalized spacial score (nSPS) is 20.7. The van der Waals surface area contributed by atoms with Crippen molar-refractivity contribution < 1.29 is 18.0 Å². The van der Waals surface area contributed by atoms with Gasteiger partial charge in [0.2, 0.25) is 0 Å². The van der Waals surface area contributed by atoms with Gasteiger partial charge in [-0.25, -0.2) is 13.2 Å². The Morgan fingerprint density at radius 2 is 1.90 bits per heavy atom. The van der Waals surface area contributed by atoms with Crippen molar-refractivity contribution >= 4 is 45.0 Å². The van der Waals surface area contributed by atoms with Crippen molar-refractivity contribution in [1.82, 2.24) is 20.0 Å². The Hall–Kier alpha value is -2.30. The molecule has 0 saturated heterocycles. The Balaban J connectivity index is 1.53. The van der Waals surface area contributed by atoms with Crippen LogP contribution in [0.25, 0.3) is 11.3 Å². The van der Waals surface area contributed by atoms with Gasteiger partial charge in [0.15, 0.2) is 0 Å². The number of nitrogens with two attached hydrogens (primary N) is 1. The average Bonchev–Trinajstić information content (AvgIpc) is 3.04. The van der Waals surface area contributed by atoms with Gasteiger partial charge in [0.1, 0.15) is 15.5 Å². The molecule has 0 spiro atoms. The highest BCUT2D eigenvalue weighted by Gasteiger charge is 2.38. The third kappa shape index (κ3) is 4.24. The van der Waals surface area contributed by atoms with Crippen molar-refractivity contribution in [3.8, 4) is 11.3 Å². The lowest BCUT2D eigenvalue weighted by Gasteiger charge is -2.37. The van der Waals surface area contributed by atoms with Crippen LogP contribution in [0.15, 0.2) is 18.2 Å². The molecule has 31 heavy (non-hydrogen) atoms. The van der Waals surface area contributed by atoms with Crippen molar-refractivity contribution in [1.29, 1.82) is 0 Å². The number of primary amides is 1. The van der Waals surface area contributed by atoms with Gasteiger partial charge in [-0.2, -0.15) is 5.10 Å². The van der Waals surface area contributed by atoms with Gasteiger partial charge in [0, 0.05) is 24.4 Å². The number of carbonyl (C=O) groups excluding carboxylic acids is 2. The molecule has 1 aliphatic carbocycles. The summed E-state index contributed by atoms with van der Waals surface area (Å²) >= 11 is 12.1. The number of hydrogen-bond acceptors (Lipinski definition) is 5. The molecule has 0 atom stereocenters. The van der Waals surface area contributed by atoms with E-state index in [1.165, 1.54) is 6.26 Å². The number of amides is 3. The van der Waals surface area contributed by atoms with E-state index in [0.29, 0.717) is 52.9 Å². The van der Waals surface area contributed by atoms with Crippen molar-refractivity contribution in [3.63, 3.8) is 0 Å². The van der Waals surface area contributed by atoms with Crippen LogP contribution in [0.1, 0.15) is 28.9 Å². The van der Waals surface area contributed by atoms with Crippen LogP contribution < -0.4 is 11.1 Å². The van der Waals surface area contributed by atoms with E-state index in [2.05, 4.69) is 10.4 Å². The zero-order chi connectivity index (χ0) is 22.5. The fraction of sp³-hybridized carbons (Fsp3) is 0.421. The monoisotopic (exact) mass is 485 g/mol. The summed E-state index contributed by atoms with van der Waals surface area (Å²) in [5.41, 5.74) is 7.41. The molecule has 12 heteroatoms. The Bertz CT molecular complexity index is 1170. The second kappa shape index (κ2) is 7.99. The van der Waals surface area contributed by atoms with Gasteiger partial charge >= 0.3 is 6.03 Å². The average molecular weight is 486 g/mol. The smallest absolute Gasteiger partial charge is 0.318 e. The van der Waals surface area contributed by atoms with Gasteiger partial charge in [-0.05, 0) is 25.0 Å². The second-order valence-corrected chi connectivity index (χ2v) is 11.0. The number of hydrogen-bond donors (Lipinski definition) is 2. The van der Waals surface area contributed by atoms with Gasteiger partial charge < -0.3 is 16.0 Å². The summed E-state index contributed by atoms with van der Waals surface area (Å²) in [5.74, 6) is -0.653. The molecule has 0 unspecified atom stereocenters. The largest absolute Gasteiger partial charge is 0.365 e. The molecule has 1 aromatic carbocycles. The van der Waals surface area contributed by atoms with Crippen molar-refractivity contribution in [3.05, 3.63) is 39.5 Å². The van der Waals surface area contributed by atoms with Crippen LogP contribution in [-0.2, 0) is 22.9 Å². The van der Waals surface area contributed by atoms with Crippen molar-refractivity contribution in [2.24, 2.45) is 5.73 Å². The molecule has 4 rings (SSSR count). The van der Waals surface area contributed by atoms with E-state index in [0.717, 1.165) is 0 Å². The van der Waals surface area contributed by atoms with Gasteiger partial charge in [-0.1, -0.05) is 29.3 Å². The molecule has 1 saturated carbocycles. The van der Waals surface area contributed by atoms with E-state index in [-0.39, 0.29) is 24.2 Å². The lowest BCUT2D eigenvalue weighted by atomic mass is 9.92. The lowest BCUT2D eigenvalue weighted by Crippen LogP contribution is -2.54. The van der Waals surface area contributed by atoms with Crippen molar-refractivity contribution in [2.45, 2.75) is 37.2 Å². The molecule has 2 aliphatic rings. The third-order valence-electron chi connectivity index (χ3n) is 5.73. The van der Waals surface area contributed by atoms with Crippen molar-refractivity contribution in [2.75, 3.05) is 12.8 Å². The van der Waals surface area contributed by atoms with E-state index in [4.69, 9.17) is 28.9 Å². The number of sulfone groups is 1. The first-order chi connectivity index (χ1) is 14.5. The van der Waals surface area contributed by atoms with Gasteiger partial charge in [-0.3, -0.25) is 9.48 Å². The van der Waals surface area contributed by atoms with Crippen LogP contribution in [0.4, 0.5) is 4.79 Å². The Morgan fingerprint density at radius 1 is 1.19 bits per heavy atom. The molecule has 2 heterocycles. The zero-order valence-electron chi connectivity index (χ0n) is 16.6. The lowest BCUT2D eigenvalue weighted by molar-refractivity contribution is 0.0997. The Labute approximate surface area is 189 Å². The SMILES string of the molecule is CS(=O)(=O)[C@H]1C[C@@H](NC(=O)N2CCn3nc(-c4ccc(Cl)c(Cl)c4)c(C(N)=O)c3C2)C1. The topological polar surface area (TPSA) is 127 Å². The van der Waals surface area contributed by atoms with E-state index in [1.54, 1.807) is 27.8 Å². The molecule has 166 valence electrons. The van der Waals surface area contributed by atoms with Crippen LogP contribution in [-0.4, -0.2) is 59.1 Å². The number of aromatic nitrogens is 2. The van der Waals surface area contributed by atoms with Crippen LogP contribution in [0.3, 0.4) is 0 Å². The number of benzene rings is 1. The maximum atomic E-state index is 12.7. The first-order valence-corrected chi connectivity index (χ1v) is 12.3. The molecule has 1 fully saturated rings. The van der Waals surface area contributed by atoms with Gasteiger partial charge in [0.25, 0.3) is 5.91 Å². The quantitative estimate of drug-likeness (QED) is 0.684. The summed E-state index contributed by atoms with van der Waals surface area (Å²) in [7, 11) is -3.09. The highest BCUT2D eigenvalue weighted by atomic mass is 35.5. The van der Waals surface area contributed by atoms with Gasteiger partial charge in [0.05, 0.1) is 39.6 Å². The molecule has 2 aromatic rings. The molecular weight excluding hydrogens is 465 g/mol. The number of nitrogens with one attached hydrogen (secondary N) is 1. The third-order valence-corrected chi connectivity index (χ3v) is 8.07. The molecule has 1 aliphatic heterocycles. The fourth-order valence-corrected chi connectivity index (χ4v) is 5.36. The molecule has 0 bridgehead atoms. The Morgan fingerprint density at radius 3 is 2.52 bits per heavy atom. The molecule has 1 aromatic heterocycles. The highest BCUT2D eigenvalue weighted by Crippen LogP contribution is 2.32. The minimum Gasteiger partial charge on any atom is -0.365 e. The summed E-state index contributed by atoms with van der Waals surface area (Å²) in [6.07, 6.45) is 2.02.